The Morgan fingerprint density at radius 2 is 1.56 bits per heavy atom. The molecule has 5 fully saturated rings. The van der Waals surface area contributed by atoms with Crippen LogP contribution < -0.4 is 0 Å². The maximum Gasteiger partial charge on any atom is 0.433 e. The molecule has 1 aromatic heterocycles. The molecule has 45 heavy (non-hydrogen) atoms. The topological polar surface area (TPSA) is 92.5 Å². The van der Waals surface area contributed by atoms with Gasteiger partial charge < -0.3 is 10.0 Å². The van der Waals surface area contributed by atoms with Crippen LogP contribution in [0, 0.1) is 22.7 Å². The molecule has 1 amide bonds. The summed E-state index contributed by atoms with van der Waals surface area (Å²) in [6, 6.07) is 2.17. The highest BCUT2D eigenvalue weighted by atomic mass is 35.5. The van der Waals surface area contributed by atoms with Crippen LogP contribution >= 0.6 is 11.6 Å². The molecule has 1 aromatic carbocycles. The van der Waals surface area contributed by atoms with Gasteiger partial charge in [-0.1, -0.05) is 31.5 Å². The molecule has 0 radical (unpaired) electrons. The number of hydrogen-bond donors (Lipinski definition) is 1. The van der Waals surface area contributed by atoms with Crippen LogP contribution in [0.25, 0.3) is 0 Å². The minimum Gasteiger partial charge on any atom is -0.481 e. The second-order valence-electron chi connectivity index (χ2n) is 13.8. The lowest BCUT2D eigenvalue weighted by molar-refractivity contribution is -0.163. The molecule has 0 unspecified atom stereocenters. The number of ketones is 1. The molecule has 0 saturated heterocycles. The van der Waals surface area contributed by atoms with E-state index in [1.54, 1.807) is 0 Å². The lowest BCUT2D eigenvalue weighted by Crippen LogP contribution is -2.52. The molecule has 2 bridgehead atoms. The molecule has 0 spiro atoms. The zero-order chi connectivity index (χ0) is 32.9. The minimum atomic E-state index is -5.04. The Morgan fingerprint density at radius 3 is 2.07 bits per heavy atom. The summed E-state index contributed by atoms with van der Waals surface area (Å²) in [4.78, 5) is 40.5. The summed E-state index contributed by atoms with van der Waals surface area (Å²) >= 11 is 6.05. The van der Waals surface area contributed by atoms with Gasteiger partial charge in [-0.3, -0.25) is 19.1 Å². The van der Waals surface area contributed by atoms with E-state index in [1.165, 1.54) is 0 Å². The molecular weight excluding hydrogens is 628 g/mol. The zero-order valence-corrected chi connectivity index (χ0v) is 25.3. The largest absolute Gasteiger partial charge is 0.481 e. The van der Waals surface area contributed by atoms with E-state index < -0.39 is 81.0 Å². The van der Waals surface area contributed by atoms with Crippen LogP contribution in [0.4, 0.5) is 26.3 Å². The van der Waals surface area contributed by atoms with Gasteiger partial charge in [-0.25, -0.2) is 0 Å². The number of aliphatic carboxylic acids is 1. The predicted octanol–water partition coefficient (Wildman–Crippen LogP) is 7.47. The number of halogens is 7. The first-order valence-electron chi connectivity index (χ1n) is 14.9. The first-order chi connectivity index (χ1) is 20.8. The van der Waals surface area contributed by atoms with Crippen molar-refractivity contribution in [3.8, 4) is 0 Å². The molecule has 5 aliphatic rings. The molecule has 7 nitrogen and oxygen atoms in total. The molecule has 2 aromatic rings. The van der Waals surface area contributed by atoms with Gasteiger partial charge in [0.1, 0.15) is 0 Å². The Bertz CT molecular complexity index is 1540. The van der Waals surface area contributed by atoms with Crippen molar-refractivity contribution in [3.63, 3.8) is 0 Å². The molecule has 244 valence electrons. The Morgan fingerprint density at radius 1 is 0.978 bits per heavy atom. The summed E-state index contributed by atoms with van der Waals surface area (Å²) in [6.07, 6.45) is -7.47. The van der Waals surface area contributed by atoms with Gasteiger partial charge in [-0.2, -0.15) is 31.4 Å². The smallest absolute Gasteiger partial charge is 0.433 e. The second kappa shape index (κ2) is 10.2. The third-order valence-electron chi connectivity index (χ3n) is 11.3. The van der Waals surface area contributed by atoms with Crippen LogP contribution in [0.5, 0.6) is 0 Å². The summed E-state index contributed by atoms with van der Waals surface area (Å²) in [5, 5.41) is 13.3. The van der Waals surface area contributed by atoms with Crippen molar-refractivity contribution in [3.05, 3.63) is 51.8 Å². The van der Waals surface area contributed by atoms with Crippen LogP contribution in [0.1, 0.15) is 97.2 Å². The van der Waals surface area contributed by atoms with Crippen molar-refractivity contribution < 1.29 is 45.8 Å². The van der Waals surface area contributed by atoms with E-state index in [4.69, 9.17) is 11.6 Å². The van der Waals surface area contributed by atoms with Gasteiger partial charge in [0.05, 0.1) is 45.4 Å². The van der Waals surface area contributed by atoms with E-state index in [0.717, 1.165) is 27.9 Å². The average molecular weight is 660 g/mol. The number of hydrogen-bond acceptors (Lipinski definition) is 4. The first kappa shape index (κ1) is 31.9. The average Bonchev–Trinajstić information content (AvgIpc) is 3.40. The summed E-state index contributed by atoms with van der Waals surface area (Å²) in [5.41, 5.74) is -6.40. The Labute approximate surface area is 259 Å². The summed E-state index contributed by atoms with van der Waals surface area (Å²) < 4.78 is 86.8. The van der Waals surface area contributed by atoms with Crippen LogP contribution in [0.3, 0.4) is 0 Å². The maximum absolute atomic E-state index is 14.8. The number of rotatable bonds is 7. The van der Waals surface area contributed by atoms with E-state index in [0.29, 0.717) is 18.9 Å². The molecule has 1 N–H and O–H groups in total. The molecular formula is C31H32ClF6N3O4. The Balaban J connectivity index is 1.38. The molecule has 7 rings (SSSR count). The summed E-state index contributed by atoms with van der Waals surface area (Å²) in [5.74, 6) is -2.95. The minimum absolute atomic E-state index is 0.0459. The van der Waals surface area contributed by atoms with Gasteiger partial charge in [0.15, 0.2) is 11.5 Å². The fraction of sp³-hybridized carbons (Fsp3) is 0.613. The monoisotopic (exact) mass is 659 g/mol. The predicted molar refractivity (Wildman–Crippen MR) is 149 cm³/mol. The standard InChI is InChI=1S/C31H32ClF6N3O4/c1-27(2)19-12-16(13-20(19)27)40(15-22(42)23-18(30(33,34)35)4-3-5-21(23)32)25(43)17-14-39-41(24(17)31(36,37)38)29-9-6-28(7-10-29,8-11-29)26(44)45/h3-5,14,16,19-20H,6-13,15H2,1-2H3,(H,44,45)/t16-,19+,20-,28?,29?. The van der Waals surface area contributed by atoms with Gasteiger partial charge in [0.25, 0.3) is 5.91 Å². The number of nitrogens with zero attached hydrogens (tertiary/aromatic N) is 3. The first-order valence-corrected chi connectivity index (χ1v) is 15.3. The maximum atomic E-state index is 14.8. The third kappa shape index (κ3) is 5.04. The number of carboxylic acid groups (broad SMARTS) is 1. The molecule has 5 saturated carbocycles. The fourth-order valence-electron chi connectivity index (χ4n) is 8.47. The number of fused-ring (bicyclic) bond motifs is 4. The van der Waals surface area contributed by atoms with Crippen molar-refractivity contribution in [1.29, 1.82) is 0 Å². The Hall–Kier alpha value is -3.09. The van der Waals surface area contributed by atoms with E-state index in [1.807, 2.05) is 13.8 Å². The Kier molecular flexibility index (Phi) is 7.23. The van der Waals surface area contributed by atoms with Gasteiger partial charge in [-0.05, 0) is 80.8 Å². The molecule has 1 heterocycles. The highest BCUT2D eigenvalue weighted by molar-refractivity contribution is 6.34. The van der Waals surface area contributed by atoms with Crippen LogP contribution in [0.2, 0.25) is 5.02 Å². The zero-order valence-electron chi connectivity index (χ0n) is 24.6. The van der Waals surface area contributed by atoms with E-state index in [9.17, 15) is 45.8 Å². The number of amides is 1. The van der Waals surface area contributed by atoms with E-state index in [2.05, 4.69) is 5.10 Å². The van der Waals surface area contributed by atoms with Crippen LogP contribution in [0.15, 0.2) is 24.4 Å². The number of carbonyl (C=O) groups is 3. The van der Waals surface area contributed by atoms with Crippen molar-refractivity contribution in [1.82, 2.24) is 14.7 Å². The highest BCUT2D eigenvalue weighted by Crippen LogP contribution is 2.67. The summed E-state index contributed by atoms with van der Waals surface area (Å²) in [6.45, 7) is 3.17. The van der Waals surface area contributed by atoms with Crippen molar-refractivity contribution in [2.24, 2.45) is 22.7 Å². The van der Waals surface area contributed by atoms with Gasteiger partial charge in [0.2, 0.25) is 0 Å². The lowest BCUT2D eigenvalue weighted by atomic mass is 9.57. The number of benzene rings is 1. The van der Waals surface area contributed by atoms with Crippen LogP contribution in [-0.4, -0.2) is 50.0 Å². The van der Waals surface area contributed by atoms with E-state index in [-0.39, 0.29) is 55.8 Å². The SMILES string of the molecule is CC1(C)[C@@H]2C[C@H](N(CC(=O)c3c(Cl)cccc3C(F)(F)F)C(=O)c3cnn(C45CCC(C(=O)O)(CC4)CC5)c3C(F)(F)F)C[C@@H]21. The quantitative estimate of drug-likeness (QED) is 0.246. The molecule has 5 aliphatic carbocycles. The number of alkyl halides is 6. The lowest BCUT2D eigenvalue weighted by Gasteiger charge is -2.51. The number of carbonyl (C=O) groups excluding carboxylic acids is 2. The van der Waals surface area contributed by atoms with Gasteiger partial charge >= 0.3 is 18.3 Å². The van der Waals surface area contributed by atoms with Crippen molar-refractivity contribution in [2.75, 3.05) is 6.54 Å². The fourth-order valence-corrected chi connectivity index (χ4v) is 8.75. The molecule has 14 heteroatoms. The summed E-state index contributed by atoms with van der Waals surface area (Å²) in [7, 11) is 0. The number of aromatic nitrogens is 2. The number of Topliss-reactive ketones (excluding diaryl/α,β-unsaturated/α-hetero) is 1. The van der Waals surface area contributed by atoms with Gasteiger partial charge in [0, 0.05) is 6.04 Å². The normalized spacial score (nSPS) is 30.2. The number of carboxylic acids is 1. The highest BCUT2D eigenvalue weighted by Gasteiger charge is 2.63. The molecule has 0 aliphatic heterocycles. The van der Waals surface area contributed by atoms with Crippen molar-refractivity contribution >= 4 is 29.3 Å². The van der Waals surface area contributed by atoms with E-state index >= 15 is 0 Å². The third-order valence-corrected chi connectivity index (χ3v) is 11.6. The molecule has 3 atom stereocenters. The van der Waals surface area contributed by atoms with Gasteiger partial charge in [-0.15, -0.1) is 0 Å². The van der Waals surface area contributed by atoms with Crippen LogP contribution in [-0.2, 0) is 22.7 Å². The van der Waals surface area contributed by atoms with Crippen molar-refractivity contribution in [2.45, 2.75) is 89.1 Å². The second-order valence-corrected chi connectivity index (χ2v) is 14.2.